The van der Waals surface area contributed by atoms with Crippen molar-refractivity contribution in [3.63, 3.8) is 0 Å². The molecule has 1 N–H and O–H groups in total. The summed E-state index contributed by atoms with van der Waals surface area (Å²) < 4.78 is 1.55. The molecule has 23 heavy (non-hydrogen) atoms. The number of nitrogens with one attached hydrogen (secondary N) is 1. The van der Waals surface area contributed by atoms with Gasteiger partial charge in [0.2, 0.25) is 5.91 Å². The second-order valence-electron chi connectivity index (χ2n) is 6.06. The Labute approximate surface area is 139 Å². The fourth-order valence-corrected chi connectivity index (χ4v) is 3.65. The van der Waals surface area contributed by atoms with Gasteiger partial charge in [-0.05, 0) is 31.4 Å². The third-order valence-electron chi connectivity index (χ3n) is 4.06. The number of rotatable bonds is 5. The summed E-state index contributed by atoms with van der Waals surface area (Å²) in [5, 5.41) is 3.07. The number of pyridine rings is 1. The molecule has 1 aliphatic rings. The first kappa shape index (κ1) is 16.1. The van der Waals surface area contributed by atoms with E-state index < -0.39 is 0 Å². The summed E-state index contributed by atoms with van der Waals surface area (Å²) in [5.41, 5.74) is 2.31. The monoisotopic (exact) mass is 331 g/mol. The predicted molar refractivity (Wildman–Crippen MR) is 92.8 cm³/mol. The molecule has 1 fully saturated rings. The number of fused-ring (bicyclic) bond motifs is 1. The standard InChI is InChI=1S/C17H21N3O2S/c1-12-6-7-15-18-14(8-17(22)20(15)9-12)10-23-11-16(21)19-13-4-2-3-5-13/h6-9,13H,2-5,10-11H2,1H3,(H,19,21). The fraction of sp³-hybridized carbons (Fsp3) is 0.471. The Morgan fingerprint density at radius 1 is 1.39 bits per heavy atom. The molecule has 0 saturated heterocycles. The highest BCUT2D eigenvalue weighted by Crippen LogP contribution is 2.18. The average molecular weight is 331 g/mol. The Morgan fingerprint density at radius 3 is 2.96 bits per heavy atom. The summed E-state index contributed by atoms with van der Waals surface area (Å²) in [6.45, 7) is 1.94. The van der Waals surface area contributed by atoms with E-state index in [2.05, 4.69) is 10.3 Å². The van der Waals surface area contributed by atoms with E-state index in [1.54, 1.807) is 16.7 Å². The molecule has 2 heterocycles. The number of amides is 1. The van der Waals surface area contributed by atoms with E-state index in [0.717, 1.165) is 24.1 Å². The highest BCUT2D eigenvalue weighted by molar-refractivity contribution is 7.99. The second-order valence-corrected chi connectivity index (χ2v) is 7.05. The minimum Gasteiger partial charge on any atom is -0.353 e. The van der Waals surface area contributed by atoms with E-state index in [-0.39, 0.29) is 11.5 Å². The van der Waals surface area contributed by atoms with Gasteiger partial charge >= 0.3 is 0 Å². The number of thioether (sulfide) groups is 1. The Kier molecular flexibility index (Phi) is 5.00. The first-order chi connectivity index (χ1) is 11.1. The van der Waals surface area contributed by atoms with Crippen molar-refractivity contribution in [2.24, 2.45) is 0 Å². The first-order valence-electron chi connectivity index (χ1n) is 7.98. The van der Waals surface area contributed by atoms with Crippen LogP contribution in [0.3, 0.4) is 0 Å². The highest BCUT2D eigenvalue weighted by atomic mass is 32.2. The quantitative estimate of drug-likeness (QED) is 0.913. The minimum atomic E-state index is -0.0790. The van der Waals surface area contributed by atoms with Crippen LogP contribution in [0.15, 0.2) is 29.2 Å². The van der Waals surface area contributed by atoms with Gasteiger partial charge in [0.25, 0.3) is 5.56 Å². The molecule has 1 saturated carbocycles. The molecule has 3 rings (SSSR count). The summed E-state index contributed by atoms with van der Waals surface area (Å²) in [5.74, 6) is 1.05. The van der Waals surface area contributed by atoms with E-state index in [9.17, 15) is 9.59 Å². The maximum Gasteiger partial charge on any atom is 0.258 e. The number of hydrogen-bond donors (Lipinski definition) is 1. The maximum absolute atomic E-state index is 12.1. The maximum atomic E-state index is 12.1. The van der Waals surface area contributed by atoms with Crippen LogP contribution < -0.4 is 10.9 Å². The third-order valence-corrected chi connectivity index (χ3v) is 5.03. The van der Waals surface area contributed by atoms with Gasteiger partial charge in [0, 0.05) is 24.1 Å². The number of hydrogen-bond acceptors (Lipinski definition) is 4. The lowest BCUT2D eigenvalue weighted by molar-refractivity contribution is -0.119. The van der Waals surface area contributed by atoms with Crippen LogP contribution in [0.4, 0.5) is 0 Å². The molecular formula is C17H21N3O2S. The van der Waals surface area contributed by atoms with Crippen LogP contribution in [-0.4, -0.2) is 27.1 Å². The highest BCUT2D eigenvalue weighted by Gasteiger charge is 2.16. The van der Waals surface area contributed by atoms with Gasteiger partial charge in [0.1, 0.15) is 5.65 Å². The molecule has 6 heteroatoms. The summed E-state index contributed by atoms with van der Waals surface area (Å²) in [6, 6.07) is 5.69. The zero-order valence-corrected chi connectivity index (χ0v) is 14.1. The molecular weight excluding hydrogens is 310 g/mol. The van der Waals surface area contributed by atoms with Gasteiger partial charge in [-0.3, -0.25) is 14.0 Å². The van der Waals surface area contributed by atoms with Crippen molar-refractivity contribution >= 4 is 23.3 Å². The number of nitrogens with zero attached hydrogens (tertiary/aromatic N) is 2. The SMILES string of the molecule is Cc1ccc2nc(CSCC(=O)NC3CCCC3)cc(=O)n2c1. The summed E-state index contributed by atoms with van der Waals surface area (Å²) >= 11 is 1.50. The van der Waals surface area contributed by atoms with Crippen LogP contribution in [0.5, 0.6) is 0 Å². The zero-order chi connectivity index (χ0) is 16.2. The smallest absolute Gasteiger partial charge is 0.258 e. The topological polar surface area (TPSA) is 63.5 Å². The lowest BCUT2D eigenvalue weighted by atomic mass is 10.2. The summed E-state index contributed by atoms with van der Waals surface area (Å²) in [4.78, 5) is 28.5. The average Bonchev–Trinajstić information content (AvgIpc) is 3.01. The largest absolute Gasteiger partial charge is 0.353 e. The van der Waals surface area contributed by atoms with Crippen LogP contribution in [0, 0.1) is 6.92 Å². The second kappa shape index (κ2) is 7.17. The fourth-order valence-electron chi connectivity index (χ4n) is 2.92. The Bertz CT molecular complexity index is 766. The van der Waals surface area contributed by atoms with Crippen molar-refractivity contribution in [2.45, 2.75) is 44.4 Å². The predicted octanol–water partition coefficient (Wildman–Crippen LogP) is 2.29. The van der Waals surface area contributed by atoms with Gasteiger partial charge in [-0.2, -0.15) is 0 Å². The van der Waals surface area contributed by atoms with Gasteiger partial charge in [0.15, 0.2) is 0 Å². The molecule has 0 radical (unpaired) electrons. The van der Waals surface area contributed by atoms with Gasteiger partial charge < -0.3 is 5.32 Å². The lowest BCUT2D eigenvalue weighted by Crippen LogP contribution is -2.33. The van der Waals surface area contributed by atoms with Crippen LogP contribution in [-0.2, 0) is 10.5 Å². The number of carbonyl (C=O) groups is 1. The summed E-state index contributed by atoms with van der Waals surface area (Å²) in [6.07, 6.45) is 6.40. The molecule has 0 bridgehead atoms. The number of carbonyl (C=O) groups excluding carboxylic acids is 1. The normalized spacial score (nSPS) is 15.2. The van der Waals surface area contributed by atoms with E-state index in [0.29, 0.717) is 23.2 Å². The summed E-state index contributed by atoms with van der Waals surface area (Å²) in [7, 11) is 0. The van der Waals surface area contributed by atoms with Gasteiger partial charge in [0.05, 0.1) is 11.4 Å². The molecule has 0 atom stereocenters. The van der Waals surface area contributed by atoms with Crippen molar-refractivity contribution in [2.75, 3.05) is 5.75 Å². The van der Waals surface area contributed by atoms with Crippen LogP contribution in [0.2, 0.25) is 0 Å². The van der Waals surface area contributed by atoms with Crippen LogP contribution in [0.25, 0.3) is 5.65 Å². The zero-order valence-electron chi connectivity index (χ0n) is 13.2. The molecule has 2 aromatic rings. The first-order valence-corrected chi connectivity index (χ1v) is 9.13. The van der Waals surface area contributed by atoms with Crippen molar-refractivity contribution in [1.29, 1.82) is 0 Å². The Balaban J connectivity index is 1.57. The minimum absolute atomic E-state index is 0.0787. The van der Waals surface area contributed by atoms with E-state index >= 15 is 0 Å². The molecule has 0 spiro atoms. The van der Waals surface area contributed by atoms with E-state index in [4.69, 9.17) is 0 Å². The third kappa shape index (κ3) is 4.13. The molecule has 1 aliphatic carbocycles. The number of aromatic nitrogens is 2. The van der Waals surface area contributed by atoms with Crippen LogP contribution >= 0.6 is 11.8 Å². The lowest BCUT2D eigenvalue weighted by Gasteiger charge is -2.11. The molecule has 2 aromatic heterocycles. The van der Waals surface area contributed by atoms with E-state index in [1.807, 2.05) is 19.1 Å². The van der Waals surface area contributed by atoms with Crippen molar-refractivity contribution in [3.8, 4) is 0 Å². The molecule has 5 nitrogen and oxygen atoms in total. The van der Waals surface area contributed by atoms with Gasteiger partial charge in [-0.15, -0.1) is 11.8 Å². The van der Waals surface area contributed by atoms with Crippen molar-refractivity contribution in [3.05, 3.63) is 46.0 Å². The molecule has 0 aromatic carbocycles. The van der Waals surface area contributed by atoms with E-state index in [1.165, 1.54) is 24.6 Å². The molecule has 1 amide bonds. The molecule has 0 aliphatic heterocycles. The molecule has 0 unspecified atom stereocenters. The molecule has 122 valence electrons. The van der Waals surface area contributed by atoms with Gasteiger partial charge in [-0.1, -0.05) is 18.9 Å². The Hall–Kier alpha value is -1.82. The van der Waals surface area contributed by atoms with Gasteiger partial charge in [-0.25, -0.2) is 4.98 Å². The van der Waals surface area contributed by atoms with Crippen molar-refractivity contribution in [1.82, 2.24) is 14.7 Å². The number of aryl methyl sites for hydroxylation is 1. The van der Waals surface area contributed by atoms with Crippen LogP contribution in [0.1, 0.15) is 36.9 Å². The van der Waals surface area contributed by atoms with Crippen molar-refractivity contribution < 1.29 is 4.79 Å². The Morgan fingerprint density at radius 2 is 2.17 bits per heavy atom.